The Bertz CT molecular complexity index is 1420. The van der Waals surface area contributed by atoms with Gasteiger partial charge in [-0.25, -0.2) is 35.8 Å². The van der Waals surface area contributed by atoms with E-state index in [0.717, 1.165) is 11.1 Å². The molecule has 0 bridgehead atoms. The van der Waals surface area contributed by atoms with E-state index < -0.39 is 20.0 Å². The largest absolute Gasteiger partial charge is 0.326 e. The Hall–Kier alpha value is -3.35. The number of amides is 1. The Kier molecular flexibility index (Phi) is 7.67. The number of piperidine rings is 1. The zero-order valence-electron chi connectivity index (χ0n) is 19.7. The van der Waals surface area contributed by atoms with Gasteiger partial charge < -0.3 is 5.32 Å². The van der Waals surface area contributed by atoms with E-state index in [2.05, 4.69) is 20.0 Å². The molecular formula is C24H27N5O5S2. The second-order valence-electron chi connectivity index (χ2n) is 8.61. The molecule has 0 spiro atoms. The third-order valence-electron chi connectivity index (χ3n) is 5.87. The van der Waals surface area contributed by atoms with Crippen LogP contribution in [0.3, 0.4) is 0 Å². The summed E-state index contributed by atoms with van der Waals surface area (Å²) in [6.07, 6.45) is 3.67. The molecule has 1 amide bonds. The van der Waals surface area contributed by atoms with Crippen LogP contribution in [-0.2, 0) is 30.6 Å². The van der Waals surface area contributed by atoms with Gasteiger partial charge in [-0.05, 0) is 55.7 Å². The Labute approximate surface area is 210 Å². The van der Waals surface area contributed by atoms with Crippen LogP contribution in [0.4, 0.5) is 11.6 Å². The molecule has 10 nitrogen and oxygen atoms in total. The maximum absolute atomic E-state index is 12.8. The van der Waals surface area contributed by atoms with Crippen LogP contribution in [0.1, 0.15) is 24.0 Å². The number of nitrogens with one attached hydrogen (secondary N) is 2. The predicted octanol–water partition coefficient (Wildman–Crippen LogP) is 2.77. The van der Waals surface area contributed by atoms with Gasteiger partial charge in [0.15, 0.2) is 0 Å². The van der Waals surface area contributed by atoms with Gasteiger partial charge in [0.1, 0.15) is 0 Å². The number of carbonyl (C=O) groups excluding carboxylic acids is 1. The maximum Gasteiger partial charge on any atom is 0.264 e. The summed E-state index contributed by atoms with van der Waals surface area (Å²) < 4.78 is 54.4. The molecule has 3 aromatic rings. The molecule has 1 aromatic heterocycles. The molecule has 12 heteroatoms. The van der Waals surface area contributed by atoms with Gasteiger partial charge in [-0.1, -0.05) is 29.8 Å². The highest BCUT2D eigenvalue weighted by atomic mass is 32.2. The van der Waals surface area contributed by atoms with Gasteiger partial charge in [0, 0.05) is 37.1 Å². The fourth-order valence-corrected chi connectivity index (χ4v) is 6.50. The lowest BCUT2D eigenvalue weighted by atomic mass is 9.97. The fourth-order valence-electron chi connectivity index (χ4n) is 3.99. The number of rotatable bonds is 8. The number of carbonyl (C=O) groups is 1. The average Bonchev–Trinajstić information content (AvgIpc) is 2.84. The minimum Gasteiger partial charge on any atom is -0.326 e. The lowest BCUT2D eigenvalue weighted by Crippen LogP contribution is -2.41. The summed E-state index contributed by atoms with van der Waals surface area (Å²) in [4.78, 5) is 20.4. The molecule has 0 unspecified atom stereocenters. The molecule has 0 saturated carbocycles. The van der Waals surface area contributed by atoms with Crippen molar-refractivity contribution < 1.29 is 21.6 Å². The highest BCUT2D eigenvalue weighted by Gasteiger charge is 2.31. The number of anilines is 2. The molecule has 1 saturated heterocycles. The van der Waals surface area contributed by atoms with E-state index in [-0.39, 0.29) is 41.5 Å². The summed E-state index contributed by atoms with van der Waals surface area (Å²) in [5.41, 5.74) is 2.20. The molecule has 0 atom stereocenters. The second-order valence-corrected chi connectivity index (χ2v) is 12.3. The van der Waals surface area contributed by atoms with Gasteiger partial charge >= 0.3 is 0 Å². The van der Waals surface area contributed by atoms with Crippen molar-refractivity contribution in [2.45, 2.75) is 30.4 Å². The lowest BCUT2D eigenvalue weighted by molar-refractivity contribution is -0.120. The van der Waals surface area contributed by atoms with Crippen LogP contribution in [0.15, 0.2) is 71.9 Å². The number of hydrogen-bond acceptors (Lipinski definition) is 7. The van der Waals surface area contributed by atoms with Crippen LogP contribution >= 0.6 is 0 Å². The highest BCUT2D eigenvalue weighted by Crippen LogP contribution is 2.24. The summed E-state index contributed by atoms with van der Waals surface area (Å²) >= 11 is 0. The second kappa shape index (κ2) is 10.7. The van der Waals surface area contributed by atoms with E-state index in [1.165, 1.54) is 41.0 Å². The highest BCUT2D eigenvalue weighted by molar-refractivity contribution is 7.92. The van der Waals surface area contributed by atoms with Gasteiger partial charge in [-0.2, -0.15) is 0 Å². The van der Waals surface area contributed by atoms with Crippen molar-refractivity contribution in [3.05, 3.63) is 78.1 Å². The Morgan fingerprint density at radius 3 is 2.28 bits per heavy atom. The number of aromatic nitrogens is 2. The van der Waals surface area contributed by atoms with Crippen LogP contribution in [-0.4, -0.2) is 50.1 Å². The first-order valence-electron chi connectivity index (χ1n) is 11.4. The van der Waals surface area contributed by atoms with Crippen molar-refractivity contribution >= 4 is 37.6 Å². The standard InChI is InChI=1S/C24H27N5O5S2/c1-18-4-2-5-19(16-18)17-35(31,32)29-14-10-20(11-15-29)23(30)27-21-6-8-22(9-7-21)36(33,34)28-24-25-12-3-13-26-24/h2-9,12-13,16,20H,10-11,14-15,17H2,1H3,(H,27,30)(H,25,26,28). The number of benzene rings is 2. The summed E-state index contributed by atoms with van der Waals surface area (Å²) in [5, 5.41) is 2.79. The third-order valence-corrected chi connectivity index (χ3v) is 9.07. The monoisotopic (exact) mass is 529 g/mol. The van der Waals surface area contributed by atoms with E-state index in [1.54, 1.807) is 12.1 Å². The third kappa shape index (κ3) is 6.45. The van der Waals surface area contributed by atoms with E-state index >= 15 is 0 Å². The van der Waals surface area contributed by atoms with Crippen molar-refractivity contribution in [3.63, 3.8) is 0 Å². The topological polar surface area (TPSA) is 138 Å². The zero-order chi connectivity index (χ0) is 25.8. The van der Waals surface area contributed by atoms with Gasteiger partial charge in [-0.15, -0.1) is 0 Å². The maximum atomic E-state index is 12.8. The smallest absolute Gasteiger partial charge is 0.264 e. The SMILES string of the molecule is Cc1cccc(CS(=O)(=O)N2CCC(C(=O)Nc3ccc(S(=O)(=O)Nc4ncccn4)cc3)CC2)c1. The average molecular weight is 530 g/mol. The van der Waals surface area contributed by atoms with E-state index in [4.69, 9.17) is 0 Å². The first-order chi connectivity index (χ1) is 17.1. The van der Waals surface area contributed by atoms with Gasteiger partial charge in [0.25, 0.3) is 10.0 Å². The van der Waals surface area contributed by atoms with E-state index in [9.17, 15) is 21.6 Å². The molecule has 0 radical (unpaired) electrons. The number of aryl methyl sites for hydroxylation is 1. The summed E-state index contributed by atoms with van der Waals surface area (Å²) in [6.45, 7) is 2.47. The summed E-state index contributed by atoms with van der Waals surface area (Å²) in [5.74, 6) is -0.665. The Balaban J connectivity index is 1.31. The van der Waals surface area contributed by atoms with Gasteiger partial charge in [0.05, 0.1) is 10.6 Å². The van der Waals surface area contributed by atoms with E-state index in [0.29, 0.717) is 18.5 Å². The zero-order valence-corrected chi connectivity index (χ0v) is 21.3. The normalized spacial score (nSPS) is 15.4. The minimum atomic E-state index is -3.87. The minimum absolute atomic E-state index is 0.0000710. The summed E-state index contributed by atoms with van der Waals surface area (Å²) in [6, 6.07) is 14.7. The van der Waals surface area contributed by atoms with Crippen molar-refractivity contribution in [1.82, 2.24) is 14.3 Å². The lowest BCUT2D eigenvalue weighted by Gasteiger charge is -2.30. The molecule has 2 aromatic carbocycles. The molecule has 2 N–H and O–H groups in total. The first kappa shape index (κ1) is 25.7. The number of sulfonamides is 2. The van der Waals surface area contributed by atoms with Crippen LogP contribution in [0.2, 0.25) is 0 Å². The molecule has 0 aliphatic carbocycles. The molecule has 4 rings (SSSR count). The molecule has 2 heterocycles. The van der Waals surface area contributed by atoms with Gasteiger partial charge in [-0.3, -0.25) is 4.79 Å². The van der Waals surface area contributed by atoms with Crippen molar-refractivity contribution in [3.8, 4) is 0 Å². The molecule has 1 aliphatic rings. The molecule has 36 heavy (non-hydrogen) atoms. The number of nitrogens with zero attached hydrogens (tertiary/aromatic N) is 3. The number of hydrogen-bond donors (Lipinski definition) is 2. The van der Waals surface area contributed by atoms with Crippen LogP contribution in [0.5, 0.6) is 0 Å². The first-order valence-corrected chi connectivity index (χ1v) is 14.5. The van der Waals surface area contributed by atoms with Crippen LogP contribution in [0, 0.1) is 12.8 Å². The van der Waals surface area contributed by atoms with Crippen LogP contribution < -0.4 is 10.0 Å². The molecule has 190 valence electrons. The molecule has 1 fully saturated rings. The molecular weight excluding hydrogens is 502 g/mol. The van der Waals surface area contributed by atoms with E-state index in [1.807, 2.05) is 25.1 Å². The quantitative estimate of drug-likeness (QED) is 0.457. The fraction of sp³-hybridized carbons (Fsp3) is 0.292. The Morgan fingerprint density at radius 2 is 1.64 bits per heavy atom. The van der Waals surface area contributed by atoms with Crippen molar-refractivity contribution in [2.75, 3.05) is 23.1 Å². The summed E-state index contributed by atoms with van der Waals surface area (Å²) in [7, 11) is -7.35. The van der Waals surface area contributed by atoms with Crippen molar-refractivity contribution in [1.29, 1.82) is 0 Å². The van der Waals surface area contributed by atoms with Gasteiger partial charge in [0.2, 0.25) is 21.9 Å². The predicted molar refractivity (Wildman–Crippen MR) is 136 cm³/mol. The Morgan fingerprint density at radius 1 is 0.972 bits per heavy atom. The van der Waals surface area contributed by atoms with Crippen LogP contribution in [0.25, 0.3) is 0 Å². The van der Waals surface area contributed by atoms with Crippen molar-refractivity contribution in [2.24, 2.45) is 5.92 Å². The molecule has 1 aliphatic heterocycles.